The van der Waals surface area contributed by atoms with Crippen LogP contribution < -0.4 is 10.1 Å². The molecule has 0 bridgehead atoms. The molecule has 1 aliphatic heterocycles. The third kappa shape index (κ3) is 5.17. The highest BCUT2D eigenvalue weighted by Gasteiger charge is 2.42. The van der Waals surface area contributed by atoms with E-state index in [0.717, 1.165) is 15.6 Å². The first-order chi connectivity index (χ1) is 15.7. The number of urea groups is 1. The molecule has 1 N–H and O–H groups in total. The summed E-state index contributed by atoms with van der Waals surface area (Å²) in [6.07, 6.45) is 0. The molecule has 3 aromatic carbocycles. The van der Waals surface area contributed by atoms with Gasteiger partial charge in [0.2, 0.25) is 0 Å². The van der Waals surface area contributed by atoms with Gasteiger partial charge in [0.25, 0.3) is 0 Å². The van der Waals surface area contributed by atoms with Crippen molar-refractivity contribution in [1.82, 2.24) is 5.01 Å². The molecule has 0 fully saturated rings. The van der Waals surface area contributed by atoms with Gasteiger partial charge < -0.3 is 10.1 Å². The zero-order valence-corrected chi connectivity index (χ0v) is 19.8. The molecule has 1 aliphatic rings. The van der Waals surface area contributed by atoms with Crippen molar-refractivity contribution < 1.29 is 18.3 Å². The fraction of sp³-hybridized carbons (Fsp3) is 0.167. The second-order valence-corrected chi connectivity index (χ2v) is 9.04. The normalized spacial score (nSPS) is 17.8. The molecule has 1 heterocycles. The Kier molecular flexibility index (Phi) is 6.67. The van der Waals surface area contributed by atoms with Crippen LogP contribution in [0.15, 0.2) is 82.4 Å². The average Bonchev–Trinajstić information content (AvgIpc) is 3.15. The molecule has 5 nitrogen and oxygen atoms in total. The number of halogens is 4. The summed E-state index contributed by atoms with van der Waals surface area (Å²) in [6, 6.07) is 20.4. The number of hydrazone groups is 1. The van der Waals surface area contributed by atoms with Crippen molar-refractivity contribution in [2.75, 3.05) is 11.9 Å². The van der Waals surface area contributed by atoms with E-state index in [-0.39, 0.29) is 18.3 Å². The molecule has 0 saturated heterocycles. The van der Waals surface area contributed by atoms with Crippen LogP contribution in [0.5, 0.6) is 5.75 Å². The van der Waals surface area contributed by atoms with Gasteiger partial charge in [-0.2, -0.15) is 13.9 Å². The highest BCUT2D eigenvalue weighted by Crippen LogP contribution is 2.36. The number of amides is 2. The Bertz CT molecular complexity index is 1170. The van der Waals surface area contributed by atoms with E-state index >= 15 is 0 Å². The van der Waals surface area contributed by atoms with Gasteiger partial charge >= 0.3 is 12.6 Å². The third-order valence-corrected chi connectivity index (χ3v) is 6.15. The standard InChI is InChI=1S/C24H19BrClF2N3O2/c1-24(16-4-12-20(13-5-16)33-22(27)28)14-31(23(32)29-19-10-6-17(25)7-11-19)30-21(24)15-2-8-18(26)9-3-15/h2-13,22H,14H2,1H3,(H,29,32). The van der Waals surface area contributed by atoms with Crippen molar-refractivity contribution >= 4 is 45.0 Å². The zero-order valence-electron chi connectivity index (χ0n) is 17.4. The molecule has 9 heteroatoms. The van der Waals surface area contributed by atoms with Crippen LogP contribution in [-0.2, 0) is 5.41 Å². The summed E-state index contributed by atoms with van der Waals surface area (Å²) in [7, 11) is 0. The number of carbonyl (C=O) groups is 1. The quantitative estimate of drug-likeness (QED) is 0.387. The maximum atomic E-state index is 13.0. The summed E-state index contributed by atoms with van der Waals surface area (Å²) in [5, 5.41) is 9.43. The van der Waals surface area contributed by atoms with Gasteiger partial charge in [-0.05, 0) is 66.6 Å². The number of benzene rings is 3. The van der Waals surface area contributed by atoms with E-state index in [0.29, 0.717) is 16.4 Å². The molecule has 1 unspecified atom stereocenters. The van der Waals surface area contributed by atoms with Crippen LogP contribution in [0.2, 0.25) is 5.02 Å². The Morgan fingerprint density at radius 3 is 2.33 bits per heavy atom. The van der Waals surface area contributed by atoms with Crippen LogP contribution >= 0.6 is 27.5 Å². The van der Waals surface area contributed by atoms with Gasteiger partial charge in [0.05, 0.1) is 17.7 Å². The van der Waals surface area contributed by atoms with Crippen LogP contribution in [0.3, 0.4) is 0 Å². The van der Waals surface area contributed by atoms with E-state index < -0.39 is 12.0 Å². The molecule has 0 aliphatic carbocycles. The lowest BCUT2D eigenvalue weighted by molar-refractivity contribution is -0.0498. The SMILES string of the molecule is CC1(c2ccc(OC(F)F)cc2)CN(C(=O)Nc2ccc(Br)cc2)N=C1c1ccc(Cl)cc1. The van der Waals surface area contributed by atoms with E-state index in [2.05, 4.69) is 31.1 Å². The smallest absolute Gasteiger partial charge is 0.387 e. The minimum absolute atomic E-state index is 0.0603. The lowest BCUT2D eigenvalue weighted by Gasteiger charge is -2.27. The van der Waals surface area contributed by atoms with Gasteiger partial charge in [-0.1, -0.05) is 51.8 Å². The fourth-order valence-electron chi connectivity index (χ4n) is 3.70. The van der Waals surface area contributed by atoms with Crippen LogP contribution in [0, 0.1) is 0 Å². The molecule has 3 aromatic rings. The van der Waals surface area contributed by atoms with Gasteiger partial charge in [0.1, 0.15) is 5.75 Å². The monoisotopic (exact) mass is 533 g/mol. The number of anilines is 1. The van der Waals surface area contributed by atoms with Crippen molar-refractivity contribution in [1.29, 1.82) is 0 Å². The molecule has 2 amide bonds. The van der Waals surface area contributed by atoms with E-state index in [4.69, 9.17) is 11.6 Å². The van der Waals surface area contributed by atoms with Gasteiger partial charge in [0, 0.05) is 15.2 Å². The summed E-state index contributed by atoms with van der Waals surface area (Å²) in [5.74, 6) is 0.0603. The lowest BCUT2D eigenvalue weighted by atomic mass is 9.76. The van der Waals surface area contributed by atoms with Crippen LogP contribution in [-0.4, -0.2) is 29.9 Å². The summed E-state index contributed by atoms with van der Waals surface area (Å²) in [6.45, 7) is -0.694. The molecule has 33 heavy (non-hydrogen) atoms. The Morgan fingerprint density at radius 1 is 1.09 bits per heavy atom. The second-order valence-electron chi connectivity index (χ2n) is 7.69. The minimum atomic E-state index is -2.90. The Morgan fingerprint density at radius 2 is 1.73 bits per heavy atom. The summed E-state index contributed by atoms with van der Waals surface area (Å²) in [4.78, 5) is 13.0. The Balaban J connectivity index is 1.66. The number of hydrogen-bond acceptors (Lipinski definition) is 3. The van der Waals surface area contributed by atoms with E-state index in [1.807, 2.05) is 31.2 Å². The predicted octanol–water partition coefficient (Wildman–Crippen LogP) is 6.91. The van der Waals surface area contributed by atoms with Crippen LogP contribution in [0.25, 0.3) is 0 Å². The molecular weight excluding hydrogens is 516 g/mol. The van der Waals surface area contributed by atoms with E-state index in [1.54, 1.807) is 36.4 Å². The van der Waals surface area contributed by atoms with Crippen molar-refractivity contribution in [3.8, 4) is 5.75 Å². The number of hydrogen-bond donors (Lipinski definition) is 1. The highest BCUT2D eigenvalue weighted by atomic mass is 79.9. The summed E-state index contributed by atoms with van der Waals surface area (Å²) in [5.41, 5.74) is 2.19. The van der Waals surface area contributed by atoms with Gasteiger partial charge in [-0.15, -0.1) is 0 Å². The Hall–Kier alpha value is -2.97. The Labute approximate surface area is 203 Å². The molecule has 0 aromatic heterocycles. The maximum Gasteiger partial charge on any atom is 0.387 e. The molecule has 1 atom stereocenters. The number of ether oxygens (including phenoxy) is 1. The van der Waals surface area contributed by atoms with Gasteiger partial charge in [-0.3, -0.25) is 0 Å². The summed E-state index contributed by atoms with van der Waals surface area (Å²) >= 11 is 9.42. The number of alkyl halides is 2. The number of nitrogens with zero attached hydrogens (tertiary/aromatic N) is 2. The number of rotatable bonds is 5. The first-order valence-electron chi connectivity index (χ1n) is 9.99. The number of nitrogens with one attached hydrogen (secondary N) is 1. The van der Waals surface area contributed by atoms with E-state index in [1.165, 1.54) is 17.1 Å². The first-order valence-corrected chi connectivity index (χ1v) is 11.2. The van der Waals surface area contributed by atoms with Gasteiger partial charge in [0.15, 0.2) is 0 Å². The lowest BCUT2D eigenvalue weighted by Crippen LogP contribution is -2.38. The molecule has 0 radical (unpaired) electrons. The van der Waals surface area contributed by atoms with Crippen LogP contribution in [0.4, 0.5) is 19.3 Å². The average molecular weight is 535 g/mol. The maximum absolute atomic E-state index is 13.0. The fourth-order valence-corrected chi connectivity index (χ4v) is 4.09. The predicted molar refractivity (Wildman–Crippen MR) is 128 cm³/mol. The van der Waals surface area contributed by atoms with Crippen molar-refractivity contribution in [2.45, 2.75) is 19.0 Å². The molecular formula is C24H19BrClF2N3O2. The van der Waals surface area contributed by atoms with Crippen LogP contribution in [0.1, 0.15) is 18.1 Å². The third-order valence-electron chi connectivity index (χ3n) is 5.37. The molecule has 0 spiro atoms. The highest BCUT2D eigenvalue weighted by molar-refractivity contribution is 9.10. The van der Waals surface area contributed by atoms with E-state index in [9.17, 15) is 13.6 Å². The first kappa shape index (κ1) is 23.2. The molecule has 4 rings (SSSR count). The van der Waals surface area contributed by atoms with Gasteiger partial charge in [-0.25, -0.2) is 9.80 Å². The van der Waals surface area contributed by atoms with Crippen molar-refractivity contribution in [3.05, 3.63) is 93.4 Å². The topological polar surface area (TPSA) is 53.9 Å². The largest absolute Gasteiger partial charge is 0.435 e. The molecule has 170 valence electrons. The second kappa shape index (κ2) is 9.49. The van der Waals surface area contributed by atoms with Crippen molar-refractivity contribution in [3.63, 3.8) is 0 Å². The number of carbonyl (C=O) groups excluding carboxylic acids is 1. The molecule has 0 saturated carbocycles. The summed E-state index contributed by atoms with van der Waals surface area (Å²) < 4.78 is 30.5. The zero-order chi connectivity index (χ0) is 23.6. The minimum Gasteiger partial charge on any atom is -0.435 e. The van der Waals surface area contributed by atoms with Crippen molar-refractivity contribution in [2.24, 2.45) is 5.10 Å².